The summed E-state index contributed by atoms with van der Waals surface area (Å²) in [4.78, 5) is 21.7. The van der Waals surface area contributed by atoms with Crippen LogP contribution in [0.25, 0.3) is 0 Å². The number of terminal acetylenes is 1. The van der Waals surface area contributed by atoms with Crippen LogP contribution in [0.3, 0.4) is 0 Å². The van der Waals surface area contributed by atoms with E-state index in [4.69, 9.17) is 6.42 Å². The predicted molar refractivity (Wildman–Crippen MR) is 56.7 cm³/mol. The van der Waals surface area contributed by atoms with Gasteiger partial charge in [0.2, 0.25) is 5.78 Å². The molecule has 0 aromatic carbocycles. The monoisotopic (exact) mass is 190 g/mol. The lowest BCUT2D eigenvalue weighted by molar-refractivity contribution is -0.115. The Kier molecular flexibility index (Phi) is 7.07. The van der Waals surface area contributed by atoms with Gasteiger partial charge >= 0.3 is 0 Å². The molecule has 0 atom stereocenters. The first-order valence-electron chi connectivity index (χ1n) is 4.50. The van der Waals surface area contributed by atoms with Gasteiger partial charge in [-0.3, -0.25) is 9.59 Å². The van der Waals surface area contributed by atoms with Crippen molar-refractivity contribution >= 4 is 11.6 Å². The van der Waals surface area contributed by atoms with Crippen molar-refractivity contribution in [3.8, 4) is 12.3 Å². The number of Topliss-reactive ketones (excluding diaryl/α,β-unsaturated/α-hetero) is 1. The van der Waals surface area contributed by atoms with Crippen LogP contribution in [0.1, 0.15) is 25.7 Å². The summed E-state index contributed by atoms with van der Waals surface area (Å²) < 4.78 is 0. The number of hydrogen-bond acceptors (Lipinski definition) is 2. The van der Waals surface area contributed by atoms with Gasteiger partial charge in [-0.15, -0.1) is 13.0 Å². The van der Waals surface area contributed by atoms with Crippen LogP contribution in [-0.2, 0) is 9.59 Å². The second-order valence-corrected chi connectivity index (χ2v) is 2.80. The average Bonchev–Trinajstić information content (AvgIpc) is 2.21. The maximum absolute atomic E-state index is 11.1. The number of hydrogen-bond donors (Lipinski definition) is 0. The van der Waals surface area contributed by atoms with Crippen LogP contribution in [0, 0.1) is 12.3 Å². The molecule has 0 N–H and O–H groups in total. The van der Waals surface area contributed by atoms with E-state index in [1.54, 1.807) is 12.2 Å². The molecule has 0 radical (unpaired) electrons. The second kappa shape index (κ2) is 8.00. The third-order valence-electron chi connectivity index (χ3n) is 1.60. The molecule has 0 unspecified atom stereocenters. The first kappa shape index (κ1) is 12.4. The molecule has 0 aliphatic heterocycles. The highest BCUT2D eigenvalue weighted by Gasteiger charge is 1.95. The maximum atomic E-state index is 11.1. The van der Waals surface area contributed by atoms with E-state index in [9.17, 15) is 9.59 Å². The Morgan fingerprint density at radius 3 is 2.57 bits per heavy atom. The lowest BCUT2D eigenvalue weighted by Crippen LogP contribution is -1.92. The van der Waals surface area contributed by atoms with Gasteiger partial charge in [-0.1, -0.05) is 12.2 Å². The molecular weight excluding hydrogens is 176 g/mol. The van der Waals surface area contributed by atoms with E-state index in [1.807, 2.05) is 5.92 Å². The number of ketones is 2. The first-order valence-corrected chi connectivity index (χ1v) is 4.50. The highest BCUT2D eigenvalue weighted by Crippen LogP contribution is 1.96. The van der Waals surface area contributed by atoms with E-state index >= 15 is 0 Å². The number of allylic oxidation sites excluding steroid dienone is 3. The molecule has 0 rings (SSSR count). The number of carbonyl (C=O) groups is 2. The molecular formula is C12H14O2. The standard InChI is InChI=1S/C12H14O2/c1-3-5-8-12(14)10-7-6-9-11(13)4-2/h2-3,7,10H,1,5-6,8-9H2/b10-7+. The molecule has 0 aliphatic rings. The van der Waals surface area contributed by atoms with Gasteiger partial charge in [0.05, 0.1) is 0 Å². The SMILES string of the molecule is C#CC(=O)CC/C=C/C(=O)CCC=C. The fourth-order valence-corrected chi connectivity index (χ4v) is 0.829. The summed E-state index contributed by atoms with van der Waals surface area (Å²) in [5.41, 5.74) is 0. The molecule has 0 aromatic heterocycles. The lowest BCUT2D eigenvalue weighted by atomic mass is 10.1. The third kappa shape index (κ3) is 7.05. The second-order valence-electron chi connectivity index (χ2n) is 2.80. The predicted octanol–water partition coefficient (Wildman–Crippen LogP) is 2.06. The van der Waals surface area contributed by atoms with Crippen LogP contribution in [0.2, 0.25) is 0 Å². The van der Waals surface area contributed by atoms with Crippen LogP contribution in [0.4, 0.5) is 0 Å². The normalized spacial score (nSPS) is 9.64. The zero-order valence-electron chi connectivity index (χ0n) is 8.16. The summed E-state index contributed by atoms with van der Waals surface area (Å²) in [7, 11) is 0. The number of carbonyl (C=O) groups excluding carboxylic acids is 2. The maximum Gasteiger partial charge on any atom is 0.205 e. The molecule has 0 heterocycles. The molecule has 0 spiro atoms. The molecule has 0 amide bonds. The number of rotatable bonds is 7. The van der Waals surface area contributed by atoms with Crippen LogP contribution in [-0.4, -0.2) is 11.6 Å². The van der Waals surface area contributed by atoms with Crippen molar-refractivity contribution in [3.63, 3.8) is 0 Å². The van der Waals surface area contributed by atoms with Gasteiger partial charge in [-0.2, -0.15) is 0 Å². The van der Waals surface area contributed by atoms with Crippen molar-refractivity contribution in [2.75, 3.05) is 0 Å². The van der Waals surface area contributed by atoms with Gasteiger partial charge in [0.25, 0.3) is 0 Å². The van der Waals surface area contributed by atoms with Gasteiger partial charge in [-0.05, 0) is 24.8 Å². The molecule has 0 fully saturated rings. The molecule has 0 aromatic rings. The zero-order chi connectivity index (χ0) is 10.8. The molecule has 0 aliphatic carbocycles. The lowest BCUT2D eigenvalue weighted by Gasteiger charge is -1.90. The van der Waals surface area contributed by atoms with Crippen LogP contribution >= 0.6 is 0 Å². The van der Waals surface area contributed by atoms with E-state index < -0.39 is 0 Å². The van der Waals surface area contributed by atoms with Crippen LogP contribution < -0.4 is 0 Å². The zero-order valence-corrected chi connectivity index (χ0v) is 8.16. The van der Waals surface area contributed by atoms with E-state index in [0.717, 1.165) is 0 Å². The average molecular weight is 190 g/mol. The minimum absolute atomic E-state index is 0.0538. The Labute approximate surface area is 84.7 Å². The Hall–Kier alpha value is -1.62. The Morgan fingerprint density at radius 1 is 1.29 bits per heavy atom. The van der Waals surface area contributed by atoms with Crippen LogP contribution in [0.15, 0.2) is 24.8 Å². The molecule has 0 bridgehead atoms. The Bertz CT molecular complexity index is 279. The first-order chi connectivity index (χ1) is 6.70. The fraction of sp³-hybridized carbons (Fsp3) is 0.333. The minimum Gasteiger partial charge on any atom is -0.295 e. The van der Waals surface area contributed by atoms with Gasteiger partial charge in [-0.25, -0.2) is 0 Å². The van der Waals surface area contributed by atoms with Crippen molar-refractivity contribution in [3.05, 3.63) is 24.8 Å². The largest absolute Gasteiger partial charge is 0.295 e. The van der Waals surface area contributed by atoms with Gasteiger partial charge in [0, 0.05) is 12.8 Å². The molecule has 0 saturated carbocycles. The molecule has 2 heteroatoms. The van der Waals surface area contributed by atoms with Gasteiger partial charge < -0.3 is 0 Å². The van der Waals surface area contributed by atoms with E-state index in [0.29, 0.717) is 25.7 Å². The Morgan fingerprint density at radius 2 is 2.00 bits per heavy atom. The quantitative estimate of drug-likeness (QED) is 0.266. The van der Waals surface area contributed by atoms with Crippen molar-refractivity contribution in [2.45, 2.75) is 25.7 Å². The summed E-state index contributed by atoms with van der Waals surface area (Å²) in [5.74, 6) is 1.84. The molecule has 0 saturated heterocycles. The van der Waals surface area contributed by atoms with Crippen molar-refractivity contribution in [1.82, 2.24) is 0 Å². The van der Waals surface area contributed by atoms with E-state index in [2.05, 4.69) is 6.58 Å². The molecule has 74 valence electrons. The smallest absolute Gasteiger partial charge is 0.205 e. The third-order valence-corrected chi connectivity index (χ3v) is 1.60. The summed E-state index contributed by atoms with van der Waals surface area (Å²) in [6.07, 6.45) is 11.8. The van der Waals surface area contributed by atoms with Crippen molar-refractivity contribution in [2.24, 2.45) is 0 Å². The van der Waals surface area contributed by atoms with Crippen molar-refractivity contribution in [1.29, 1.82) is 0 Å². The minimum atomic E-state index is -0.229. The van der Waals surface area contributed by atoms with E-state index in [1.165, 1.54) is 6.08 Å². The summed E-state index contributed by atoms with van der Waals surface area (Å²) >= 11 is 0. The fourth-order valence-electron chi connectivity index (χ4n) is 0.829. The van der Waals surface area contributed by atoms with Gasteiger partial charge in [0.15, 0.2) is 5.78 Å². The van der Waals surface area contributed by atoms with Crippen LogP contribution in [0.5, 0.6) is 0 Å². The summed E-state index contributed by atoms with van der Waals surface area (Å²) in [6, 6.07) is 0. The molecule has 14 heavy (non-hydrogen) atoms. The highest BCUT2D eigenvalue weighted by atomic mass is 16.1. The van der Waals surface area contributed by atoms with Gasteiger partial charge in [0.1, 0.15) is 0 Å². The highest BCUT2D eigenvalue weighted by molar-refractivity contribution is 5.95. The summed E-state index contributed by atoms with van der Waals surface area (Å²) in [6.45, 7) is 3.52. The van der Waals surface area contributed by atoms with Crippen molar-refractivity contribution < 1.29 is 9.59 Å². The summed E-state index contributed by atoms with van der Waals surface area (Å²) in [5, 5.41) is 0. The topological polar surface area (TPSA) is 34.1 Å². The van der Waals surface area contributed by atoms with E-state index in [-0.39, 0.29) is 11.6 Å². The Balaban J connectivity index is 3.62. The molecule has 2 nitrogen and oxygen atoms in total.